The maximum absolute atomic E-state index is 13.6. The number of hydrogen-bond donors (Lipinski definition) is 1. The maximum atomic E-state index is 13.6. The number of sulfonamides is 1. The molecule has 0 radical (unpaired) electrons. The van der Waals surface area contributed by atoms with Gasteiger partial charge in [0.25, 0.3) is 5.91 Å². The van der Waals surface area contributed by atoms with Gasteiger partial charge in [0.2, 0.25) is 10.0 Å². The Morgan fingerprint density at radius 2 is 1.80 bits per heavy atom. The van der Waals surface area contributed by atoms with E-state index >= 15 is 0 Å². The van der Waals surface area contributed by atoms with Crippen molar-refractivity contribution in [3.8, 4) is 17.0 Å². The van der Waals surface area contributed by atoms with Gasteiger partial charge < -0.3 is 14.8 Å². The third-order valence-corrected chi connectivity index (χ3v) is 8.85. The third kappa shape index (κ3) is 5.94. The number of carbonyl (C=O) groups excluding carboxylic acids is 1. The van der Waals surface area contributed by atoms with Gasteiger partial charge >= 0.3 is 0 Å². The van der Waals surface area contributed by atoms with Crippen LogP contribution >= 0.6 is 0 Å². The predicted octanol–water partition coefficient (Wildman–Crippen LogP) is 4.50. The van der Waals surface area contributed by atoms with Gasteiger partial charge in [-0.2, -0.15) is 9.40 Å². The minimum atomic E-state index is -3.73. The van der Waals surface area contributed by atoms with Crippen LogP contribution in [0.5, 0.6) is 5.75 Å². The molecule has 40 heavy (non-hydrogen) atoms. The van der Waals surface area contributed by atoms with Crippen molar-refractivity contribution < 1.29 is 22.7 Å². The SMILES string of the molecule is COc1cccc(Cn2cc(C(=O)Nc3ccc(C)c(S(=O)(=O)N4CCOCC4)c3)c(-c3cccc(C)c3)n2)c1. The molecule has 1 aliphatic rings. The molecule has 0 atom stereocenters. The molecule has 3 aromatic carbocycles. The molecule has 0 bridgehead atoms. The number of hydrogen-bond acceptors (Lipinski definition) is 6. The van der Waals surface area contributed by atoms with Gasteiger partial charge in [-0.05, 0) is 55.3 Å². The second kappa shape index (κ2) is 11.6. The number of ether oxygens (including phenoxy) is 2. The second-order valence-electron chi connectivity index (χ2n) is 9.76. The molecule has 1 fully saturated rings. The van der Waals surface area contributed by atoms with Gasteiger partial charge in [-0.3, -0.25) is 9.48 Å². The topological polar surface area (TPSA) is 103 Å². The zero-order valence-corrected chi connectivity index (χ0v) is 23.6. The molecule has 0 spiro atoms. The first-order valence-electron chi connectivity index (χ1n) is 13.0. The fourth-order valence-electron chi connectivity index (χ4n) is 4.71. The van der Waals surface area contributed by atoms with Gasteiger partial charge in [0.1, 0.15) is 11.4 Å². The number of anilines is 1. The number of nitrogens with one attached hydrogen (secondary N) is 1. The summed E-state index contributed by atoms with van der Waals surface area (Å²) in [6, 6.07) is 20.4. The molecule has 9 nitrogen and oxygen atoms in total. The summed E-state index contributed by atoms with van der Waals surface area (Å²) in [5.74, 6) is 0.357. The molecule has 1 aromatic heterocycles. The molecule has 0 saturated carbocycles. The van der Waals surface area contributed by atoms with Crippen LogP contribution in [0.4, 0.5) is 5.69 Å². The highest BCUT2D eigenvalue weighted by molar-refractivity contribution is 7.89. The van der Waals surface area contributed by atoms with Gasteiger partial charge in [0, 0.05) is 30.5 Å². The normalized spacial score (nSPS) is 14.2. The Morgan fingerprint density at radius 3 is 2.55 bits per heavy atom. The van der Waals surface area contributed by atoms with E-state index in [0.717, 1.165) is 22.4 Å². The lowest BCUT2D eigenvalue weighted by atomic mass is 10.1. The highest BCUT2D eigenvalue weighted by Crippen LogP contribution is 2.27. The summed E-state index contributed by atoms with van der Waals surface area (Å²) in [6.45, 7) is 5.48. The quantitative estimate of drug-likeness (QED) is 0.341. The van der Waals surface area contributed by atoms with Crippen LogP contribution in [0.25, 0.3) is 11.3 Å². The van der Waals surface area contributed by atoms with Crippen LogP contribution < -0.4 is 10.1 Å². The number of methoxy groups -OCH3 is 1. The van der Waals surface area contributed by atoms with Crippen molar-refractivity contribution >= 4 is 21.6 Å². The first-order chi connectivity index (χ1) is 19.2. The summed E-state index contributed by atoms with van der Waals surface area (Å²) in [5, 5.41) is 7.67. The Morgan fingerprint density at radius 1 is 1.02 bits per heavy atom. The largest absolute Gasteiger partial charge is 0.497 e. The van der Waals surface area contributed by atoms with E-state index in [1.54, 1.807) is 37.0 Å². The summed E-state index contributed by atoms with van der Waals surface area (Å²) >= 11 is 0. The van der Waals surface area contributed by atoms with Crippen LogP contribution in [0, 0.1) is 13.8 Å². The molecule has 1 N–H and O–H groups in total. The number of amides is 1. The molecule has 208 valence electrons. The summed E-state index contributed by atoms with van der Waals surface area (Å²) in [6.07, 6.45) is 1.71. The van der Waals surface area contributed by atoms with E-state index in [4.69, 9.17) is 14.6 Å². The third-order valence-electron chi connectivity index (χ3n) is 6.81. The first-order valence-corrected chi connectivity index (χ1v) is 14.5. The standard InChI is InChI=1S/C30H32N4O5S/c1-21-6-4-8-24(16-21)29-27(20-33(32-29)19-23-7-5-9-26(17-23)38-3)30(35)31-25-11-10-22(2)28(18-25)40(36,37)34-12-14-39-15-13-34/h4-11,16-18,20H,12-15,19H2,1-3H3,(H,31,35). The molecule has 2 heterocycles. The molecular weight excluding hydrogens is 528 g/mol. The fourth-order valence-corrected chi connectivity index (χ4v) is 6.37. The lowest BCUT2D eigenvalue weighted by Gasteiger charge is -2.26. The Hall–Kier alpha value is -3.99. The van der Waals surface area contributed by atoms with Crippen LogP contribution in [0.3, 0.4) is 0 Å². The number of aromatic nitrogens is 2. The van der Waals surface area contributed by atoms with E-state index in [1.807, 2.05) is 55.5 Å². The molecular formula is C30H32N4O5S. The van der Waals surface area contributed by atoms with E-state index in [2.05, 4.69) is 5.32 Å². The maximum Gasteiger partial charge on any atom is 0.259 e. The number of nitrogens with zero attached hydrogens (tertiary/aromatic N) is 3. The highest BCUT2D eigenvalue weighted by atomic mass is 32.2. The van der Waals surface area contributed by atoms with Crippen LogP contribution in [0.2, 0.25) is 0 Å². The molecule has 0 unspecified atom stereocenters. The van der Waals surface area contributed by atoms with Crippen molar-refractivity contribution in [2.45, 2.75) is 25.3 Å². The van der Waals surface area contributed by atoms with Crippen LogP contribution in [0.1, 0.15) is 27.0 Å². The summed E-state index contributed by atoms with van der Waals surface area (Å²) < 4.78 is 40.5. The molecule has 4 aromatic rings. The van der Waals surface area contributed by atoms with Crippen molar-refractivity contribution in [1.82, 2.24) is 14.1 Å². The van der Waals surface area contributed by atoms with E-state index in [0.29, 0.717) is 55.4 Å². The highest BCUT2D eigenvalue weighted by Gasteiger charge is 2.28. The van der Waals surface area contributed by atoms with E-state index < -0.39 is 10.0 Å². The number of carbonyl (C=O) groups is 1. The fraction of sp³-hybridized carbons (Fsp3) is 0.267. The van der Waals surface area contributed by atoms with E-state index in [1.165, 1.54) is 10.4 Å². The molecule has 5 rings (SSSR count). The van der Waals surface area contributed by atoms with Crippen molar-refractivity contribution in [3.63, 3.8) is 0 Å². The molecule has 1 aliphatic heterocycles. The molecule has 10 heteroatoms. The predicted molar refractivity (Wildman–Crippen MR) is 153 cm³/mol. The zero-order valence-electron chi connectivity index (χ0n) is 22.8. The second-order valence-corrected chi connectivity index (χ2v) is 11.7. The lowest BCUT2D eigenvalue weighted by molar-refractivity contribution is 0.0730. The number of rotatable bonds is 8. The average Bonchev–Trinajstić information content (AvgIpc) is 3.38. The van der Waals surface area contributed by atoms with Gasteiger partial charge in [0.05, 0.1) is 37.3 Å². The molecule has 0 aliphatic carbocycles. The Labute approximate surface area is 234 Å². The minimum absolute atomic E-state index is 0.167. The van der Waals surface area contributed by atoms with Crippen LogP contribution in [-0.2, 0) is 21.3 Å². The Balaban J connectivity index is 1.47. The smallest absolute Gasteiger partial charge is 0.259 e. The summed E-state index contributed by atoms with van der Waals surface area (Å²) in [5.41, 5.74) is 4.75. The molecule has 1 amide bonds. The number of morpholine rings is 1. The van der Waals surface area contributed by atoms with E-state index in [-0.39, 0.29) is 10.8 Å². The zero-order chi connectivity index (χ0) is 28.3. The number of aryl methyl sites for hydroxylation is 2. The van der Waals surface area contributed by atoms with Crippen LogP contribution in [-0.4, -0.2) is 61.8 Å². The van der Waals surface area contributed by atoms with Gasteiger partial charge in [-0.25, -0.2) is 8.42 Å². The van der Waals surface area contributed by atoms with Crippen molar-refractivity contribution in [2.75, 3.05) is 38.7 Å². The summed E-state index contributed by atoms with van der Waals surface area (Å²) in [7, 11) is -2.11. The Kier molecular flexibility index (Phi) is 8.02. The number of benzene rings is 3. The first kappa shape index (κ1) is 27.6. The monoisotopic (exact) mass is 560 g/mol. The Bertz CT molecular complexity index is 1640. The van der Waals surface area contributed by atoms with Crippen LogP contribution in [0.15, 0.2) is 77.8 Å². The minimum Gasteiger partial charge on any atom is -0.497 e. The van der Waals surface area contributed by atoms with Crippen molar-refractivity contribution in [1.29, 1.82) is 0 Å². The average molecular weight is 561 g/mol. The lowest BCUT2D eigenvalue weighted by Crippen LogP contribution is -2.40. The van der Waals surface area contributed by atoms with Gasteiger partial charge in [-0.1, -0.05) is 42.0 Å². The van der Waals surface area contributed by atoms with E-state index in [9.17, 15) is 13.2 Å². The van der Waals surface area contributed by atoms with Gasteiger partial charge in [0.15, 0.2) is 0 Å². The van der Waals surface area contributed by atoms with Crippen molar-refractivity contribution in [2.24, 2.45) is 0 Å². The van der Waals surface area contributed by atoms with Crippen molar-refractivity contribution in [3.05, 3.63) is 95.2 Å². The summed E-state index contributed by atoms with van der Waals surface area (Å²) in [4.78, 5) is 13.8. The molecule has 1 saturated heterocycles. The van der Waals surface area contributed by atoms with Gasteiger partial charge in [-0.15, -0.1) is 0 Å².